The second kappa shape index (κ2) is 10.4. The molecule has 0 spiro atoms. The lowest BCUT2D eigenvalue weighted by Crippen LogP contribution is -2.27. The highest BCUT2D eigenvalue weighted by atomic mass is 15.0. The number of rotatable bonds is 3. The molecule has 3 aromatic heterocycles. The average molecular weight is 431 g/mol. The third-order valence-corrected chi connectivity index (χ3v) is 5.91. The normalized spacial score (nSPS) is 18.2. The summed E-state index contributed by atoms with van der Waals surface area (Å²) in [5.74, 6) is 1.52. The molecule has 32 heavy (non-hydrogen) atoms. The number of hydrogen-bond donors (Lipinski definition) is 1. The zero-order valence-electron chi connectivity index (χ0n) is 19.9. The van der Waals surface area contributed by atoms with Crippen molar-refractivity contribution in [1.29, 1.82) is 5.26 Å². The highest BCUT2D eigenvalue weighted by molar-refractivity contribution is 5.65. The fourth-order valence-corrected chi connectivity index (χ4v) is 4.18. The highest BCUT2D eigenvalue weighted by Crippen LogP contribution is 2.23. The molecule has 1 aliphatic rings. The van der Waals surface area contributed by atoms with E-state index >= 15 is 0 Å². The van der Waals surface area contributed by atoms with Gasteiger partial charge in [-0.1, -0.05) is 32.8 Å². The molecule has 4 rings (SSSR count). The molecule has 0 saturated heterocycles. The van der Waals surface area contributed by atoms with Gasteiger partial charge in [0, 0.05) is 41.6 Å². The van der Waals surface area contributed by atoms with Crippen LogP contribution in [0.15, 0.2) is 36.9 Å². The molecule has 168 valence electrons. The number of allylic oxidation sites excluding steroid dienone is 1. The molecule has 1 saturated carbocycles. The predicted molar refractivity (Wildman–Crippen MR) is 129 cm³/mol. The van der Waals surface area contributed by atoms with Crippen LogP contribution in [0.1, 0.15) is 68.5 Å². The van der Waals surface area contributed by atoms with Crippen molar-refractivity contribution in [3.63, 3.8) is 0 Å². The molecular weight excluding hydrogens is 396 g/mol. The molecule has 6 nitrogen and oxygen atoms in total. The van der Waals surface area contributed by atoms with E-state index in [1.54, 1.807) is 12.3 Å². The minimum absolute atomic E-state index is 0.525. The zero-order valence-corrected chi connectivity index (χ0v) is 19.9. The van der Waals surface area contributed by atoms with E-state index in [9.17, 15) is 5.26 Å². The lowest BCUT2D eigenvalue weighted by atomic mass is 10.0. The largest absolute Gasteiger partial charge is 0.386 e. The Morgan fingerprint density at radius 3 is 2.62 bits per heavy atom. The Morgan fingerprint density at radius 2 is 1.94 bits per heavy atom. The molecule has 3 aromatic rings. The van der Waals surface area contributed by atoms with Gasteiger partial charge in [-0.15, -0.1) is 0 Å². The first kappa shape index (κ1) is 23.5. The number of aryl methyl sites for hydroxylation is 3. The second-order valence-corrected chi connectivity index (χ2v) is 9.08. The van der Waals surface area contributed by atoms with E-state index in [0.29, 0.717) is 23.1 Å². The SMILES string of the molecule is C=C(C)NC1CCCCC(C)C1.Cc1cn2cc(-c3ncc(C)c(C)n3)cc(C#N)c2n1. The number of hydrogen-bond acceptors (Lipinski definition) is 5. The summed E-state index contributed by atoms with van der Waals surface area (Å²) in [6, 6.07) is 4.66. The van der Waals surface area contributed by atoms with Crippen LogP contribution in [0, 0.1) is 38.0 Å². The summed E-state index contributed by atoms with van der Waals surface area (Å²) in [4.78, 5) is 13.2. The monoisotopic (exact) mass is 430 g/mol. The molecule has 0 bridgehead atoms. The Balaban J connectivity index is 0.000000207. The van der Waals surface area contributed by atoms with Gasteiger partial charge in [0.25, 0.3) is 0 Å². The van der Waals surface area contributed by atoms with Gasteiger partial charge in [-0.2, -0.15) is 5.26 Å². The van der Waals surface area contributed by atoms with E-state index in [1.165, 1.54) is 32.1 Å². The maximum absolute atomic E-state index is 9.27. The van der Waals surface area contributed by atoms with E-state index in [1.807, 2.05) is 37.6 Å². The third-order valence-electron chi connectivity index (χ3n) is 5.91. The summed E-state index contributed by atoms with van der Waals surface area (Å²) in [6.07, 6.45) is 12.5. The average Bonchev–Trinajstić information content (AvgIpc) is 3.00. The van der Waals surface area contributed by atoms with Gasteiger partial charge >= 0.3 is 0 Å². The van der Waals surface area contributed by atoms with Gasteiger partial charge in [-0.25, -0.2) is 15.0 Å². The molecule has 1 aliphatic carbocycles. The van der Waals surface area contributed by atoms with Crippen molar-refractivity contribution in [1.82, 2.24) is 24.7 Å². The number of fused-ring (bicyclic) bond motifs is 1. The van der Waals surface area contributed by atoms with Crippen LogP contribution >= 0.6 is 0 Å². The molecular formula is C26H34N6. The number of imidazole rings is 1. The number of aromatic nitrogens is 4. The van der Waals surface area contributed by atoms with Crippen LogP contribution < -0.4 is 5.32 Å². The van der Waals surface area contributed by atoms with Crippen LogP contribution in [-0.4, -0.2) is 25.4 Å². The molecule has 0 aliphatic heterocycles. The summed E-state index contributed by atoms with van der Waals surface area (Å²) in [7, 11) is 0. The molecule has 0 aromatic carbocycles. The Bertz CT molecular complexity index is 1140. The second-order valence-electron chi connectivity index (χ2n) is 9.08. The van der Waals surface area contributed by atoms with Crippen LogP contribution in [0.25, 0.3) is 17.0 Å². The number of nitrogens with zero attached hydrogens (tertiary/aromatic N) is 5. The van der Waals surface area contributed by atoms with Crippen LogP contribution in [0.3, 0.4) is 0 Å². The van der Waals surface area contributed by atoms with Crippen LogP contribution in [0.4, 0.5) is 0 Å². The van der Waals surface area contributed by atoms with E-state index in [-0.39, 0.29) is 0 Å². The van der Waals surface area contributed by atoms with Crippen molar-refractivity contribution < 1.29 is 0 Å². The van der Waals surface area contributed by atoms with Crippen molar-refractivity contribution in [2.75, 3.05) is 0 Å². The van der Waals surface area contributed by atoms with Crippen molar-refractivity contribution >= 4 is 5.65 Å². The summed E-state index contributed by atoms with van der Waals surface area (Å²) in [6.45, 7) is 14.1. The molecule has 2 unspecified atom stereocenters. The Labute approximate surface area is 191 Å². The number of nitriles is 1. The van der Waals surface area contributed by atoms with Gasteiger partial charge in [-0.3, -0.25) is 0 Å². The molecule has 6 heteroatoms. The lowest BCUT2D eigenvalue weighted by Gasteiger charge is -2.19. The molecule has 3 heterocycles. The van der Waals surface area contributed by atoms with Crippen LogP contribution in [0.2, 0.25) is 0 Å². The molecule has 1 fully saturated rings. The Hall–Kier alpha value is -3.20. The predicted octanol–water partition coefficient (Wildman–Crippen LogP) is 5.67. The van der Waals surface area contributed by atoms with Crippen LogP contribution in [-0.2, 0) is 0 Å². The maximum Gasteiger partial charge on any atom is 0.160 e. The fraction of sp³-hybridized carbons (Fsp3) is 0.462. The van der Waals surface area contributed by atoms with Gasteiger partial charge in [-0.05, 0) is 58.1 Å². The summed E-state index contributed by atoms with van der Waals surface area (Å²) in [5.41, 5.74) is 5.99. The first-order chi connectivity index (χ1) is 15.3. The number of nitrogens with one attached hydrogen (secondary N) is 1. The van der Waals surface area contributed by atoms with Gasteiger partial charge in [0.2, 0.25) is 0 Å². The summed E-state index contributed by atoms with van der Waals surface area (Å²) in [5, 5.41) is 12.7. The number of pyridine rings is 1. The first-order valence-electron chi connectivity index (χ1n) is 11.4. The van der Waals surface area contributed by atoms with Crippen LogP contribution in [0.5, 0.6) is 0 Å². The van der Waals surface area contributed by atoms with Gasteiger partial charge < -0.3 is 9.72 Å². The van der Waals surface area contributed by atoms with Gasteiger partial charge in [0.1, 0.15) is 6.07 Å². The lowest BCUT2D eigenvalue weighted by molar-refractivity contribution is 0.431. The third kappa shape index (κ3) is 5.94. The fourth-order valence-electron chi connectivity index (χ4n) is 4.18. The van der Waals surface area contributed by atoms with Gasteiger partial charge in [0.15, 0.2) is 11.5 Å². The van der Waals surface area contributed by atoms with E-state index in [2.05, 4.69) is 46.8 Å². The smallest absolute Gasteiger partial charge is 0.160 e. The van der Waals surface area contributed by atoms with E-state index < -0.39 is 0 Å². The standard InChI is InChI=1S/C15H13N5.C11H21N/c1-9-6-17-14(19-11(9)3)13-4-12(5-16)15-18-10(2)7-20(15)8-13;1-9(2)12-11-7-5-4-6-10(3)8-11/h4,6-8H,1-3H3;10-12H,1,4-8H2,2-3H3. The van der Waals surface area contributed by atoms with E-state index in [0.717, 1.165) is 34.1 Å². The van der Waals surface area contributed by atoms with Crippen molar-refractivity contribution in [3.05, 3.63) is 59.4 Å². The minimum atomic E-state index is 0.525. The molecule has 1 N–H and O–H groups in total. The first-order valence-corrected chi connectivity index (χ1v) is 11.4. The molecule has 0 amide bonds. The zero-order chi connectivity index (χ0) is 23.3. The Morgan fingerprint density at radius 1 is 1.19 bits per heavy atom. The summed E-state index contributed by atoms with van der Waals surface area (Å²) >= 11 is 0. The Kier molecular flexibility index (Phi) is 7.63. The van der Waals surface area contributed by atoms with Crippen molar-refractivity contribution in [2.45, 2.75) is 72.8 Å². The molecule has 0 radical (unpaired) electrons. The quantitative estimate of drug-likeness (QED) is 0.542. The highest BCUT2D eigenvalue weighted by Gasteiger charge is 2.16. The van der Waals surface area contributed by atoms with E-state index in [4.69, 9.17) is 0 Å². The maximum atomic E-state index is 9.27. The summed E-state index contributed by atoms with van der Waals surface area (Å²) < 4.78 is 1.85. The molecule has 2 atom stereocenters. The minimum Gasteiger partial charge on any atom is -0.386 e. The topological polar surface area (TPSA) is 78.9 Å². The van der Waals surface area contributed by atoms with Crippen molar-refractivity contribution in [3.8, 4) is 17.5 Å². The van der Waals surface area contributed by atoms with Crippen molar-refractivity contribution in [2.24, 2.45) is 5.92 Å². The van der Waals surface area contributed by atoms with Gasteiger partial charge in [0.05, 0.1) is 11.3 Å².